The standard InChI is InChI=1S/C19H19BrN2/c1-15(10-12-22-13-11-21-14-22)16-6-8-17(9-7-16)18-4-2-3-5-19(18)20/h2-9,11,13-15H,10,12H2,1H3. The Hall–Kier alpha value is -1.87. The molecular weight excluding hydrogens is 336 g/mol. The number of benzene rings is 2. The lowest BCUT2D eigenvalue weighted by Gasteiger charge is -2.13. The fourth-order valence-electron chi connectivity index (χ4n) is 2.61. The largest absolute Gasteiger partial charge is 0.337 e. The molecule has 2 aromatic carbocycles. The number of imidazole rings is 1. The fourth-order valence-corrected chi connectivity index (χ4v) is 3.13. The molecule has 0 fully saturated rings. The monoisotopic (exact) mass is 354 g/mol. The summed E-state index contributed by atoms with van der Waals surface area (Å²) in [5.41, 5.74) is 3.87. The van der Waals surface area contributed by atoms with Crippen molar-refractivity contribution < 1.29 is 0 Å². The summed E-state index contributed by atoms with van der Waals surface area (Å²) in [5.74, 6) is 0.538. The summed E-state index contributed by atoms with van der Waals surface area (Å²) in [6.07, 6.45) is 6.84. The summed E-state index contributed by atoms with van der Waals surface area (Å²) in [6, 6.07) is 17.2. The second-order valence-electron chi connectivity index (χ2n) is 5.59. The van der Waals surface area contributed by atoms with Crippen molar-refractivity contribution in [3.8, 4) is 11.1 Å². The van der Waals surface area contributed by atoms with E-state index in [9.17, 15) is 0 Å². The third-order valence-corrected chi connectivity index (χ3v) is 4.74. The lowest BCUT2D eigenvalue weighted by molar-refractivity contribution is 0.576. The quantitative estimate of drug-likeness (QED) is 0.590. The van der Waals surface area contributed by atoms with E-state index in [1.807, 2.05) is 24.8 Å². The third-order valence-electron chi connectivity index (χ3n) is 4.04. The van der Waals surface area contributed by atoms with Crippen LogP contribution in [0.4, 0.5) is 0 Å². The van der Waals surface area contributed by atoms with Gasteiger partial charge < -0.3 is 4.57 Å². The molecule has 0 radical (unpaired) electrons. The molecule has 3 heteroatoms. The maximum Gasteiger partial charge on any atom is 0.0945 e. The number of hydrogen-bond acceptors (Lipinski definition) is 1. The van der Waals surface area contributed by atoms with Gasteiger partial charge in [0.05, 0.1) is 6.33 Å². The predicted octanol–water partition coefficient (Wildman–Crippen LogP) is 5.51. The van der Waals surface area contributed by atoms with Gasteiger partial charge in [-0.2, -0.15) is 0 Å². The van der Waals surface area contributed by atoms with Gasteiger partial charge in [-0.15, -0.1) is 0 Å². The molecule has 22 heavy (non-hydrogen) atoms. The summed E-state index contributed by atoms with van der Waals surface area (Å²) in [7, 11) is 0. The second-order valence-corrected chi connectivity index (χ2v) is 6.45. The van der Waals surface area contributed by atoms with E-state index >= 15 is 0 Å². The van der Waals surface area contributed by atoms with Crippen molar-refractivity contribution in [3.05, 3.63) is 77.3 Å². The molecule has 0 N–H and O–H groups in total. The zero-order valence-electron chi connectivity index (χ0n) is 12.6. The summed E-state index contributed by atoms with van der Waals surface area (Å²) in [6.45, 7) is 3.29. The van der Waals surface area contributed by atoms with Gasteiger partial charge in [-0.1, -0.05) is 65.3 Å². The Labute approximate surface area is 140 Å². The van der Waals surface area contributed by atoms with Crippen molar-refractivity contribution in [1.29, 1.82) is 0 Å². The second kappa shape index (κ2) is 6.93. The van der Waals surface area contributed by atoms with Gasteiger partial charge >= 0.3 is 0 Å². The molecule has 0 saturated carbocycles. The summed E-state index contributed by atoms with van der Waals surface area (Å²) >= 11 is 3.62. The van der Waals surface area contributed by atoms with Crippen LogP contribution in [0.15, 0.2) is 71.7 Å². The van der Waals surface area contributed by atoms with Crippen LogP contribution in [0.3, 0.4) is 0 Å². The van der Waals surface area contributed by atoms with Gasteiger partial charge in [-0.25, -0.2) is 4.98 Å². The first kappa shape index (κ1) is 15.0. The summed E-state index contributed by atoms with van der Waals surface area (Å²) in [5, 5.41) is 0. The molecule has 0 aliphatic carbocycles. The van der Waals surface area contributed by atoms with Crippen molar-refractivity contribution in [1.82, 2.24) is 9.55 Å². The SMILES string of the molecule is CC(CCn1ccnc1)c1ccc(-c2ccccc2Br)cc1. The number of halogens is 1. The maximum atomic E-state index is 4.08. The fraction of sp³-hybridized carbons (Fsp3) is 0.211. The Morgan fingerprint density at radius 3 is 2.55 bits per heavy atom. The Morgan fingerprint density at radius 1 is 1.09 bits per heavy atom. The first-order valence-electron chi connectivity index (χ1n) is 7.54. The van der Waals surface area contributed by atoms with E-state index in [1.54, 1.807) is 0 Å². The molecule has 1 atom stereocenters. The Morgan fingerprint density at radius 2 is 1.86 bits per heavy atom. The average Bonchev–Trinajstić information content (AvgIpc) is 3.07. The molecule has 3 aromatic rings. The highest BCUT2D eigenvalue weighted by atomic mass is 79.9. The highest BCUT2D eigenvalue weighted by Crippen LogP contribution is 2.29. The van der Waals surface area contributed by atoms with Crippen LogP contribution in [-0.2, 0) is 6.54 Å². The zero-order chi connectivity index (χ0) is 15.4. The highest BCUT2D eigenvalue weighted by Gasteiger charge is 2.07. The van der Waals surface area contributed by atoms with Gasteiger partial charge in [0, 0.05) is 23.4 Å². The van der Waals surface area contributed by atoms with E-state index in [0.717, 1.165) is 17.4 Å². The molecule has 0 saturated heterocycles. The van der Waals surface area contributed by atoms with Crippen LogP contribution in [0, 0.1) is 0 Å². The van der Waals surface area contributed by atoms with Crippen LogP contribution in [-0.4, -0.2) is 9.55 Å². The average molecular weight is 355 g/mol. The summed E-state index contributed by atoms with van der Waals surface area (Å²) < 4.78 is 3.27. The number of hydrogen-bond donors (Lipinski definition) is 0. The number of aromatic nitrogens is 2. The molecular formula is C19H19BrN2. The molecule has 0 aliphatic rings. The molecule has 1 aromatic heterocycles. The summed E-state index contributed by atoms with van der Waals surface area (Å²) in [4.78, 5) is 4.08. The smallest absolute Gasteiger partial charge is 0.0945 e. The minimum Gasteiger partial charge on any atom is -0.337 e. The minimum atomic E-state index is 0.538. The molecule has 1 unspecified atom stereocenters. The molecule has 2 nitrogen and oxygen atoms in total. The molecule has 0 spiro atoms. The topological polar surface area (TPSA) is 17.8 Å². The van der Waals surface area contributed by atoms with Crippen molar-refractivity contribution in [2.45, 2.75) is 25.8 Å². The molecule has 1 heterocycles. The van der Waals surface area contributed by atoms with E-state index < -0.39 is 0 Å². The molecule has 0 bridgehead atoms. The predicted molar refractivity (Wildman–Crippen MR) is 94.8 cm³/mol. The van der Waals surface area contributed by atoms with E-state index in [0.29, 0.717) is 5.92 Å². The lowest BCUT2D eigenvalue weighted by Crippen LogP contribution is -2.01. The molecule has 3 rings (SSSR count). The van der Waals surface area contributed by atoms with E-state index in [1.165, 1.54) is 16.7 Å². The molecule has 0 aliphatic heterocycles. The van der Waals surface area contributed by atoms with Crippen LogP contribution in [0.2, 0.25) is 0 Å². The molecule has 112 valence electrons. The maximum absolute atomic E-state index is 4.08. The Balaban J connectivity index is 1.70. The number of aryl methyl sites for hydroxylation is 1. The Bertz CT molecular complexity index is 717. The van der Waals surface area contributed by atoms with Gasteiger partial charge in [-0.3, -0.25) is 0 Å². The van der Waals surface area contributed by atoms with Crippen LogP contribution < -0.4 is 0 Å². The van der Waals surface area contributed by atoms with Crippen LogP contribution in [0.1, 0.15) is 24.8 Å². The normalized spacial score (nSPS) is 12.3. The van der Waals surface area contributed by atoms with Crippen molar-refractivity contribution >= 4 is 15.9 Å². The van der Waals surface area contributed by atoms with Crippen LogP contribution >= 0.6 is 15.9 Å². The first-order chi connectivity index (χ1) is 10.7. The van der Waals surface area contributed by atoms with E-state index in [4.69, 9.17) is 0 Å². The minimum absolute atomic E-state index is 0.538. The third kappa shape index (κ3) is 3.47. The Kier molecular flexibility index (Phi) is 4.74. The van der Waals surface area contributed by atoms with Crippen molar-refractivity contribution in [2.75, 3.05) is 0 Å². The van der Waals surface area contributed by atoms with Gasteiger partial charge in [0.2, 0.25) is 0 Å². The number of nitrogens with zero attached hydrogens (tertiary/aromatic N) is 2. The zero-order valence-corrected chi connectivity index (χ0v) is 14.2. The van der Waals surface area contributed by atoms with E-state index in [-0.39, 0.29) is 0 Å². The first-order valence-corrected chi connectivity index (χ1v) is 8.34. The van der Waals surface area contributed by atoms with Gasteiger partial charge in [0.1, 0.15) is 0 Å². The van der Waals surface area contributed by atoms with Crippen LogP contribution in [0.25, 0.3) is 11.1 Å². The van der Waals surface area contributed by atoms with E-state index in [2.05, 4.69) is 74.9 Å². The molecule has 0 amide bonds. The number of rotatable bonds is 5. The van der Waals surface area contributed by atoms with Crippen molar-refractivity contribution in [3.63, 3.8) is 0 Å². The van der Waals surface area contributed by atoms with Crippen LogP contribution in [0.5, 0.6) is 0 Å². The lowest BCUT2D eigenvalue weighted by atomic mass is 9.95. The van der Waals surface area contributed by atoms with Crippen molar-refractivity contribution in [2.24, 2.45) is 0 Å². The van der Waals surface area contributed by atoms with Gasteiger partial charge in [0.15, 0.2) is 0 Å². The van der Waals surface area contributed by atoms with Gasteiger partial charge in [-0.05, 0) is 35.1 Å². The highest BCUT2D eigenvalue weighted by molar-refractivity contribution is 9.10. The van der Waals surface area contributed by atoms with Gasteiger partial charge in [0.25, 0.3) is 0 Å².